The summed E-state index contributed by atoms with van der Waals surface area (Å²) in [5, 5.41) is 9.04. The van der Waals surface area contributed by atoms with Crippen molar-refractivity contribution in [3.63, 3.8) is 0 Å². The molecule has 5 heteroatoms. The van der Waals surface area contributed by atoms with Gasteiger partial charge >= 0.3 is 5.97 Å². The van der Waals surface area contributed by atoms with Crippen LogP contribution >= 0.6 is 24.0 Å². The molecule has 0 fully saturated rings. The minimum Gasteiger partial charge on any atom is -0.480 e. The third-order valence-electron chi connectivity index (χ3n) is 1.76. The van der Waals surface area contributed by atoms with Gasteiger partial charge in [-0.2, -0.15) is 0 Å². The number of aliphatic carboxylic acids is 1. The number of benzene rings is 1. The number of halogens is 2. The average Bonchev–Trinajstić information content (AvgIpc) is 2.03. The first kappa shape index (κ1) is 13.2. The quantitative estimate of drug-likeness (QED) is 0.826. The number of carbonyl (C=O) groups is 1. The zero-order chi connectivity index (χ0) is 10.0. The second-order valence-corrected chi connectivity index (χ2v) is 3.25. The van der Waals surface area contributed by atoms with E-state index in [-0.39, 0.29) is 12.4 Å². The number of carboxylic acids is 1. The summed E-state index contributed by atoms with van der Waals surface area (Å²) in [7, 11) is 0. The van der Waals surface area contributed by atoms with Crippen molar-refractivity contribution in [3.05, 3.63) is 34.3 Å². The molecule has 0 spiro atoms. The third-order valence-corrected chi connectivity index (χ3v) is 2.08. The molecule has 1 aromatic rings. The molecule has 1 rings (SSSR count). The maximum absolute atomic E-state index is 10.6. The lowest BCUT2D eigenvalue weighted by atomic mass is 10.1. The fourth-order valence-corrected chi connectivity index (χ4v) is 1.37. The molecule has 0 saturated heterocycles. The van der Waals surface area contributed by atoms with E-state index in [1.165, 1.54) is 0 Å². The van der Waals surface area contributed by atoms with Gasteiger partial charge in [0.05, 0.1) is 0 Å². The van der Waals surface area contributed by atoms with Crippen molar-refractivity contribution >= 4 is 30.0 Å². The van der Waals surface area contributed by atoms with E-state index in [0.717, 1.165) is 5.56 Å². The molecular formula is C9H11Cl2NO2. The fraction of sp³-hybridized carbons (Fsp3) is 0.222. The van der Waals surface area contributed by atoms with Gasteiger partial charge in [0.15, 0.2) is 0 Å². The number of carboxylic acid groups (broad SMARTS) is 1. The SMILES string of the molecule is Cc1ccc([C@@H](N)C(=O)O)c(Cl)c1.Cl. The number of rotatable bonds is 2. The predicted octanol–water partition coefficient (Wildman–Crippen LogP) is 2.15. The molecule has 14 heavy (non-hydrogen) atoms. The summed E-state index contributed by atoms with van der Waals surface area (Å²) in [5.41, 5.74) is 6.83. The van der Waals surface area contributed by atoms with E-state index < -0.39 is 12.0 Å². The van der Waals surface area contributed by atoms with Crippen molar-refractivity contribution in [1.29, 1.82) is 0 Å². The Hall–Kier alpha value is -0.770. The Kier molecular flexibility index (Phi) is 4.91. The molecule has 78 valence electrons. The Bertz CT molecular complexity index is 342. The summed E-state index contributed by atoms with van der Waals surface area (Å²) >= 11 is 5.83. The fourth-order valence-electron chi connectivity index (χ4n) is 1.02. The Balaban J connectivity index is 0.00000169. The second kappa shape index (κ2) is 5.20. The number of aryl methyl sites for hydroxylation is 1. The van der Waals surface area contributed by atoms with Crippen LogP contribution in [-0.2, 0) is 4.79 Å². The van der Waals surface area contributed by atoms with Crippen LogP contribution in [0.1, 0.15) is 17.2 Å². The van der Waals surface area contributed by atoms with Crippen LogP contribution < -0.4 is 5.73 Å². The topological polar surface area (TPSA) is 63.3 Å². The minimum atomic E-state index is -1.08. The summed E-state index contributed by atoms with van der Waals surface area (Å²) in [5.74, 6) is -1.08. The molecule has 0 amide bonds. The molecule has 1 atom stereocenters. The van der Waals surface area contributed by atoms with Gasteiger partial charge < -0.3 is 10.8 Å². The average molecular weight is 236 g/mol. The molecule has 0 saturated carbocycles. The molecule has 3 nitrogen and oxygen atoms in total. The van der Waals surface area contributed by atoms with Crippen LogP contribution in [0.3, 0.4) is 0 Å². The monoisotopic (exact) mass is 235 g/mol. The highest BCUT2D eigenvalue weighted by molar-refractivity contribution is 6.31. The van der Waals surface area contributed by atoms with Crippen molar-refractivity contribution in [3.8, 4) is 0 Å². The second-order valence-electron chi connectivity index (χ2n) is 2.84. The highest BCUT2D eigenvalue weighted by Gasteiger charge is 2.16. The molecule has 0 unspecified atom stereocenters. The Morgan fingerprint density at radius 2 is 2.14 bits per heavy atom. The molecule has 0 aromatic heterocycles. The predicted molar refractivity (Wildman–Crippen MR) is 58.0 cm³/mol. The van der Waals surface area contributed by atoms with Crippen molar-refractivity contribution in [2.45, 2.75) is 13.0 Å². The van der Waals surface area contributed by atoms with Gasteiger partial charge in [-0.3, -0.25) is 4.79 Å². The van der Waals surface area contributed by atoms with Gasteiger partial charge in [-0.15, -0.1) is 12.4 Å². The van der Waals surface area contributed by atoms with Crippen molar-refractivity contribution in [1.82, 2.24) is 0 Å². The summed E-state index contributed by atoms with van der Waals surface area (Å²) in [4.78, 5) is 10.6. The summed E-state index contributed by atoms with van der Waals surface area (Å²) in [6.45, 7) is 1.88. The van der Waals surface area contributed by atoms with Crippen LogP contribution in [0.4, 0.5) is 0 Å². The zero-order valence-corrected chi connectivity index (χ0v) is 9.10. The zero-order valence-electron chi connectivity index (χ0n) is 7.53. The Morgan fingerprint density at radius 1 is 1.57 bits per heavy atom. The van der Waals surface area contributed by atoms with Gasteiger partial charge in [0.25, 0.3) is 0 Å². The molecule has 0 bridgehead atoms. The van der Waals surface area contributed by atoms with Crippen molar-refractivity contribution < 1.29 is 9.90 Å². The molecule has 0 aliphatic heterocycles. The minimum absolute atomic E-state index is 0. The van der Waals surface area contributed by atoms with Crippen molar-refractivity contribution in [2.75, 3.05) is 0 Å². The van der Waals surface area contributed by atoms with Crippen LogP contribution in [0, 0.1) is 6.92 Å². The first-order chi connectivity index (χ1) is 6.02. The Labute approximate surface area is 93.3 Å². The highest BCUT2D eigenvalue weighted by Crippen LogP contribution is 2.22. The summed E-state index contributed by atoms with van der Waals surface area (Å²) < 4.78 is 0. The maximum atomic E-state index is 10.6. The smallest absolute Gasteiger partial charge is 0.325 e. The van der Waals surface area contributed by atoms with E-state index in [1.54, 1.807) is 18.2 Å². The van der Waals surface area contributed by atoms with Gasteiger partial charge in [0, 0.05) is 5.02 Å². The molecule has 0 heterocycles. The van der Waals surface area contributed by atoms with Gasteiger partial charge in [-0.25, -0.2) is 0 Å². The van der Waals surface area contributed by atoms with E-state index in [9.17, 15) is 4.79 Å². The number of hydrogen-bond acceptors (Lipinski definition) is 2. The van der Waals surface area contributed by atoms with Gasteiger partial charge in [-0.1, -0.05) is 23.7 Å². The normalized spacial score (nSPS) is 11.6. The Morgan fingerprint density at radius 3 is 2.57 bits per heavy atom. The molecule has 0 aliphatic carbocycles. The molecule has 3 N–H and O–H groups in total. The molecular weight excluding hydrogens is 225 g/mol. The standard InChI is InChI=1S/C9H10ClNO2.ClH/c1-5-2-3-6(7(10)4-5)8(11)9(12)13;/h2-4,8H,11H2,1H3,(H,12,13);1H/t8-;/m1./s1. The summed E-state index contributed by atoms with van der Waals surface area (Å²) in [6, 6.07) is 4.06. The van der Waals surface area contributed by atoms with E-state index in [4.69, 9.17) is 22.4 Å². The van der Waals surface area contributed by atoms with Gasteiger partial charge in [-0.05, 0) is 24.1 Å². The number of nitrogens with two attached hydrogens (primary N) is 1. The maximum Gasteiger partial charge on any atom is 0.325 e. The van der Waals surface area contributed by atoms with Crippen LogP contribution in [0.5, 0.6) is 0 Å². The van der Waals surface area contributed by atoms with Crippen LogP contribution in [0.25, 0.3) is 0 Å². The highest BCUT2D eigenvalue weighted by atomic mass is 35.5. The van der Waals surface area contributed by atoms with E-state index >= 15 is 0 Å². The van der Waals surface area contributed by atoms with Gasteiger partial charge in [0.1, 0.15) is 6.04 Å². The lowest BCUT2D eigenvalue weighted by Gasteiger charge is -2.08. The van der Waals surface area contributed by atoms with Crippen LogP contribution in [0.15, 0.2) is 18.2 Å². The van der Waals surface area contributed by atoms with Gasteiger partial charge in [0.2, 0.25) is 0 Å². The summed E-state index contributed by atoms with van der Waals surface area (Å²) in [6.07, 6.45) is 0. The van der Waals surface area contributed by atoms with E-state index in [2.05, 4.69) is 0 Å². The lowest BCUT2D eigenvalue weighted by Crippen LogP contribution is -2.20. The van der Waals surface area contributed by atoms with Crippen LogP contribution in [-0.4, -0.2) is 11.1 Å². The molecule has 1 aromatic carbocycles. The van der Waals surface area contributed by atoms with E-state index in [0.29, 0.717) is 10.6 Å². The third kappa shape index (κ3) is 2.87. The molecule has 0 radical (unpaired) electrons. The van der Waals surface area contributed by atoms with Crippen molar-refractivity contribution in [2.24, 2.45) is 5.73 Å². The number of hydrogen-bond donors (Lipinski definition) is 2. The largest absolute Gasteiger partial charge is 0.480 e. The first-order valence-electron chi connectivity index (χ1n) is 3.77. The molecule has 0 aliphatic rings. The first-order valence-corrected chi connectivity index (χ1v) is 4.14. The van der Waals surface area contributed by atoms with Crippen LogP contribution in [0.2, 0.25) is 5.02 Å². The lowest BCUT2D eigenvalue weighted by molar-refractivity contribution is -0.138. The van der Waals surface area contributed by atoms with E-state index in [1.807, 2.05) is 6.92 Å².